The monoisotopic (exact) mass is 248 g/mol. The molecule has 0 aromatic carbocycles. The molecule has 0 atom stereocenters. The summed E-state index contributed by atoms with van der Waals surface area (Å²) in [6.07, 6.45) is 3.39. The predicted molar refractivity (Wildman–Crippen MR) is 67.2 cm³/mol. The van der Waals surface area contributed by atoms with Crippen LogP contribution in [-0.4, -0.2) is 50.0 Å². The van der Waals surface area contributed by atoms with Crippen molar-refractivity contribution in [3.63, 3.8) is 0 Å². The van der Waals surface area contributed by atoms with E-state index in [-0.39, 0.29) is 11.0 Å². The van der Waals surface area contributed by atoms with Gasteiger partial charge in [-0.05, 0) is 46.2 Å². The van der Waals surface area contributed by atoms with Crippen molar-refractivity contribution >= 4 is 9.84 Å². The maximum Gasteiger partial charge on any atom is 0.153 e. The summed E-state index contributed by atoms with van der Waals surface area (Å²) in [5.74, 6) is 0.283. The van der Waals surface area contributed by atoms with Crippen molar-refractivity contribution in [1.82, 2.24) is 4.90 Å². The minimum absolute atomic E-state index is 0.261. The van der Waals surface area contributed by atoms with E-state index in [1.54, 1.807) is 13.8 Å². The molecule has 16 heavy (non-hydrogen) atoms. The van der Waals surface area contributed by atoms with Gasteiger partial charge in [-0.2, -0.15) is 0 Å². The first-order valence-corrected chi connectivity index (χ1v) is 7.84. The Labute approximate surface area is 99.1 Å². The van der Waals surface area contributed by atoms with Gasteiger partial charge in [0.2, 0.25) is 0 Å². The second-order valence-electron chi connectivity index (χ2n) is 4.83. The predicted octanol–water partition coefficient (Wildman–Crippen LogP) is 0.623. The molecule has 0 heterocycles. The summed E-state index contributed by atoms with van der Waals surface area (Å²) in [7, 11) is -2.90. The van der Waals surface area contributed by atoms with Gasteiger partial charge in [-0.15, -0.1) is 0 Å². The lowest BCUT2D eigenvalue weighted by atomic mass is 10.3. The quantitative estimate of drug-likeness (QED) is 0.684. The summed E-state index contributed by atoms with van der Waals surface area (Å²) in [6.45, 7) is 5.79. The summed E-state index contributed by atoms with van der Waals surface area (Å²) < 4.78 is 23.4. The van der Waals surface area contributed by atoms with Crippen molar-refractivity contribution < 1.29 is 8.42 Å². The van der Waals surface area contributed by atoms with Crippen LogP contribution in [0.15, 0.2) is 0 Å². The van der Waals surface area contributed by atoms with Gasteiger partial charge in [0.05, 0.1) is 11.0 Å². The van der Waals surface area contributed by atoms with E-state index < -0.39 is 9.84 Å². The van der Waals surface area contributed by atoms with Crippen molar-refractivity contribution in [3.05, 3.63) is 0 Å². The SMILES string of the molecule is CC(C)S(=O)(=O)CCN(CCCN)C1CC1. The van der Waals surface area contributed by atoms with E-state index in [0.717, 1.165) is 13.0 Å². The van der Waals surface area contributed by atoms with Crippen LogP contribution >= 0.6 is 0 Å². The molecule has 1 rings (SSSR count). The fourth-order valence-electron chi connectivity index (χ4n) is 1.69. The maximum absolute atomic E-state index is 11.7. The standard InChI is InChI=1S/C11H24N2O2S/c1-10(2)16(14,15)9-8-13(7-3-6-12)11-4-5-11/h10-11H,3-9,12H2,1-2H3. The molecule has 5 heteroatoms. The van der Waals surface area contributed by atoms with Crippen LogP contribution in [0.5, 0.6) is 0 Å². The van der Waals surface area contributed by atoms with Gasteiger partial charge in [0, 0.05) is 12.6 Å². The largest absolute Gasteiger partial charge is 0.330 e. The minimum atomic E-state index is -2.90. The van der Waals surface area contributed by atoms with E-state index in [4.69, 9.17) is 5.73 Å². The van der Waals surface area contributed by atoms with Crippen LogP contribution in [0, 0.1) is 0 Å². The summed E-state index contributed by atoms with van der Waals surface area (Å²) in [5.41, 5.74) is 5.48. The molecular formula is C11H24N2O2S. The number of hydrogen-bond donors (Lipinski definition) is 1. The van der Waals surface area contributed by atoms with E-state index in [2.05, 4.69) is 4.90 Å². The normalized spacial score (nSPS) is 17.3. The van der Waals surface area contributed by atoms with Gasteiger partial charge in [0.25, 0.3) is 0 Å². The Morgan fingerprint density at radius 2 is 1.94 bits per heavy atom. The number of hydrogen-bond acceptors (Lipinski definition) is 4. The Morgan fingerprint density at radius 1 is 1.31 bits per heavy atom. The molecular weight excluding hydrogens is 224 g/mol. The summed E-state index contributed by atoms with van der Waals surface area (Å²) in [5, 5.41) is -0.261. The lowest BCUT2D eigenvalue weighted by molar-refractivity contribution is 0.276. The topological polar surface area (TPSA) is 63.4 Å². The smallest absolute Gasteiger partial charge is 0.153 e. The molecule has 0 amide bonds. The van der Waals surface area contributed by atoms with E-state index >= 15 is 0 Å². The third-order valence-electron chi connectivity index (χ3n) is 3.09. The number of rotatable bonds is 8. The van der Waals surface area contributed by atoms with E-state index in [0.29, 0.717) is 19.1 Å². The van der Waals surface area contributed by atoms with E-state index in [1.807, 2.05) is 0 Å². The lowest BCUT2D eigenvalue weighted by Gasteiger charge is -2.22. The lowest BCUT2D eigenvalue weighted by Crippen LogP contribution is -2.34. The highest BCUT2D eigenvalue weighted by atomic mass is 32.2. The van der Waals surface area contributed by atoms with Gasteiger partial charge in [0.15, 0.2) is 9.84 Å². The highest BCUT2D eigenvalue weighted by Gasteiger charge is 2.29. The van der Waals surface area contributed by atoms with Gasteiger partial charge < -0.3 is 5.73 Å². The molecule has 0 aliphatic heterocycles. The van der Waals surface area contributed by atoms with Crippen molar-refractivity contribution in [3.8, 4) is 0 Å². The average Bonchev–Trinajstić information content (AvgIpc) is 3.01. The minimum Gasteiger partial charge on any atom is -0.330 e. The second-order valence-corrected chi connectivity index (χ2v) is 7.50. The zero-order valence-corrected chi connectivity index (χ0v) is 11.2. The zero-order valence-electron chi connectivity index (χ0n) is 10.4. The first-order chi connectivity index (χ1) is 7.47. The summed E-state index contributed by atoms with van der Waals surface area (Å²) in [4.78, 5) is 2.28. The summed E-state index contributed by atoms with van der Waals surface area (Å²) >= 11 is 0. The van der Waals surface area contributed by atoms with E-state index in [9.17, 15) is 8.42 Å². The Balaban J connectivity index is 2.37. The average molecular weight is 248 g/mol. The van der Waals surface area contributed by atoms with Crippen LogP contribution in [0.1, 0.15) is 33.1 Å². The highest BCUT2D eigenvalue weighted by Crippen LogP contribution is 2.26. The fourth-order valence-corrected chi connectivity index (χ4v) is 2.65. The molecule has 96 valence electrons. The fraction of sp³-hybridized carbons (Fsp3) is 1.00. The second kappa shape index (κ2) is 5.98. The van der Waals surface area contributed by atoms with Gasteiger partial charge in [0.1, 0.15) is 0 Å². The number of nitrogens with zero attached hydrogens (tertiary/aromatic N) is 1. The van der Waals surface area contributed by atoms with Crippen LogP contribution in [0.3, 0.4) is 0 Å². The molecule has 1 fully saturated rings. The Morgan fingerprint density at radius 3 is 2.38 bits per heavy atom. The van der Waals surface area contributed by atoms with Crippen molar-refractivity contribution in [2.45, 2.75) is 44.4 Å². The van der Waals surface area contributed by atoms with Crippen molar-refractivity contribution in [1.29, 1.82) is 0 Å². The molecule has 0 radical (unpaired) electrons. The van der Waals surface area contributed by atoms with Crippen LogP contribution in [0.2, 0.25) is 0 Å². The molecule has 1 saturated carbocycles. The third-order valence-corrected chi connectivity index (χ3v) is 5.28. The molecule has 1 aliphatic carbocycles. The van der Waals surface area contributed by atoms with Crippen LogP contribution in [0.4, 0.5) is 0 Å². The molecule has 0 spiro atoms. The molecule has 0 bridgehead atoms. The Kier molecular flexibility index (Phi) is 5.21. The molecule has 2 N–H and O–H groups in total. The molecule has 0 unspecified atom stereocenters. The molecule has 0 aromatic rings. The van der Waals surface area contributed by atoms with Crippen LogP contribution in [0.25, 0.3) is 0 Å². The first-order valence-electron chi connectivity index (χ1n) is 6.13. The van der Waals surface area contributed by atoms with Gasteiger partial charge in [-0.3, -0.25) is 4.90 Å². The molecule has 0 aromatic heterocycles. The Bertz CT molecular complexity index is 297. The summed E-state index contributed by atoms with van der Waals surface area (Å²) in [6, 6.07) is 0.619. The van der Waals surface area contributed by atoms with Crippen molar-refractivity contribution in [2.75, 3.05) is 25.4 Å². The van der Waals surface area contributed by atoms with Crippen LogP contribution < -0.4 is 5.73 Å². The molecule has 4 nitrogen and oxygen atoms in total. The molecule has 0 saturated heterocycles. The third kappa shape index (κ3) is 4.39. The number of nitrogens with two attached hydrogens (primary N) is 1. The van der Waals surface area contributed by atoms with Crippen LogP contribution in [-0.2, 0) is 9.84 Å². The van der Waals surface area contributed by atoms with Crippen molar-refractivity contribution in [2.24, 2.45) is 5.73 Å². The first kappa shape index (κ1) is 13.9. The van der Waals surface area contributed by atoms with Gasteiger partial charge in [-0.1, -0.05) is 0 Å². The number of sulfone groups is 1. The molecule has 1 aliphatic rings. The van der Waals surface area contributed by atoms with E-state index in [1.165, 1.54) is 12.8 Å². The maximum atomic E-state index is 11.7. The highest BCUT2D eigenvalue weighted by molar-refractivity contribution is 7.92. The zero-order chi connectivity index (χ0) is 12.2. The Hall–Kier alpha value is -0.130. The van der Waals surface area contributed by atoms with Gasteiger partial charge >= 0.3 is 0 Å². The van der Waals surface area contributed by atoms with Gasteiger partial charge in [-0.25, -0.2) is 8.42 Å².